The second-order valence-electron chi connectivity index (χ2n) is 4.67. The van der Waals surface area contributed by atoms with Crippen LogP contribution in [-0.4, -0.2) is 25.9 Å². The number of anilines is 1. The number of benzene rings is 2. The number of methoxy groups -OCH3 is 2. The first-order valence-electron chi connectivity index (χ1n) is 6.84. The van der Waals surface area contributed by atoms with Gasteiger partial charge in [0.1, 0.15) is 11.5 Å². The lowest BCUT2D eigenvalue weighted by Crippen LogP contribution is -2.14. The van der Waals surface area contributed by atoms with Crippen LogP contribution in [0.25, 0.3) is 0 Å². The largest absolute Gasteiger partial charge is 0.497 e. The van der Waals surface area contributed by atoms with E-state index in [1.807, 2.05) is 31.2 Å². The molecule has 0 aliphatic heterocycles. The van der Waals surface area contributed by atoms with Gasteiger partial charge in [0.2, 0.25) is 5.91 Å². The molecule has 2 aromatic rings. The number of carbonyl (C=O) groups is 1. The third-order valence-electron chi connectivity index (χ3n) is 3.13. The zero-order valence-corrected chi connectivity index (χ0v) is 13.7. The summed E-state index contributed by atoms with van der Waals surface area (Å²) in [4.78, 5) is 13.2. The summed E-state index contributed by atoms with van der Waals surface area (Å²) in [5, 5.41) is 2.86. The highest BCUT2D eigenvalue weighted by Gasteiger charge is 2.10. The minimum atomic E-state index is -0.0835. The molecule has 22 heavy (non-hydrogen) atoms. The number of nitrogens with one attached hydrogen (secondary N) is 1. The Morgan fingerprint density at radius 2 is 1.91 bits per heavy atom. The second kappa shape index (κ2) is 7.75. The van der Waals surface area contributed by atoms with Crippen LogP contribution in [-0.2, 0) is 4.79 Å². The van der Waals surface area contributed by atoms with Gasteiger partial charge in [0.05, 0.1) is 25.7 Å². The number of hydrogen-bond donors (Lipinski definition) is 1. The van der Waals surface area contributed by atoms with Gasteiger partial charge in [0.25, 0.3) is 0 Å². The third-order valence-corrected chi connectivity index (χ3v) is 4.31. The van der Waals surface area contributed by atoms with Crippen LogP contribution in [0.2, 0.25) is 0 Å². The minimum absolute atomic E-state index is 0.0835. The Hall–Kier alpha value is -2.14. The van der Waals surface area contributed by atoms with E-state index >= 15 is 0 Å². The first-order valence-corrected chi connectivity index (χ1v) is 7.83. The molecule has 0 saturated heterocycles. The smallest absolute Gasteiger partial charge is 0.234 e. The molecule has 0 spiro atoms. The summed E-state index contributed by atoms with van der Waals surface area (Å²) in [6.45, 7) is 2.03. The van der Waals surface area contributed by atoms with Gasteiger partial charge >= 0.3 is 0 Å². The van der Waals surface area contributed by atoms with E-state index in [4.69, 9.17) is 9.47 Å². The van der Waals surface area contributed by atoms with Crippen molar-refractivity contribution in [2.45, 2.75) is 11.8 Å². The van der Waals surface area contributed by atoms with Crippen LogP contribution >= 0.6 is 11.8 Å². The average Bonchev–Trinajstić information content (AvgIpc) is 2.54. The Balaban J connectivity index is 2.01. The molecule has 0 heterocycles. The number of aryl methyl sites for hydroxylation is 1. The molecule has 0 atom stereocenters. The molecule has 4 nitrogen and oxygen atoms in total. The molecule has 0 radical (unpaired) electrons. The SMILES string of the molecule is COc1ccc(OC)c(NC(=O)CSc2ccccc2C)c1. The van der Waals surface area contributed by atoms with E-state index < -0.39 is 0 Å². The van der Waals surface area contributed by atoms with Gasteiger partial charge in [-0.2, -0.15) is 0 Å². The van der Waals surface area contributed by atoms with Crippen molar-refractivity contribution in [1.29, 1.82) is 0 Å². The first-order chi connectivity index (χ1) is 10.6. The fraction of sp³-hybridized carbons (Fsp3) is 0.235. The summed E-state index contributed by atoms with van der Waals surface area (Å²) in [5.41, 5.74) is 1.77. The van der Waals surface area contributed by atoms with E-state index in [0.29, 0.717) is 22.9 Å². The van der Waals surface area contributed by atoms with Gasteiger partial charge in [-0.1, -0.05) is 18.2 Å². The first kappa shape index (κ1) is 16.2. The molecule has 0 saturated carbocycles. The lowest BCUT2D eigenvalue weighted by molar-refractivity contribution is -0.113. The fourth-order valence-electron chi connectivity index (χ4n) is 1.96. The van der Waals surface area contributed by atoms with E-state index in [-0.39, 0.29) is 5.91 Å². The number of thioether (sulfide) groups is 1. The molecule has 0 aliphatic rings. The lowest BCUT2D eigenvalue weighted by atomic mass is 10.2. The normalized spacial score (nSPS) is 10.1. The van der Waals surface area contributed by atoms with Crippen molar-refractivity contribution in [3.05, 3.63) is 48.0 Å². The maximum absolute atomic E-state index is 12.1. The van der Waals surface area contributed by atoms with Crippen LogP contribution < -0.4 is 14.8 Å². The summed E-state index contributed by atoms with van der Waals surface area (Å²) in [6.07, 6.45) is 0. The van der Waals surface area contributed by atoms with E-state index in [0.717, 1.165) is 4.90 Å². The summed E-state index contributed by atoms with van der Waals surface area (Å²) < 4.78 is 10.4. The molecule has 0 fully saturated rings. The molecule has 116 valence electrons. The number of amides is 1. The predicted octanol–water partition coefficient (Wildman–Crippen LogP) is 3.74. The molecular weight excluding hydrogens is 298 g/mol. The molecule has 1 N–H and O–H groups in total. The molecule has 0 bridgehead atoms. The van der Waals surface area contributed by atoms with Crippen LogP contribution in [0.4, 0.5) is 5.69 Å². The molecule has 0 aromatic heterocycles. The van der Waals surface area contributed by atoms with E-state index in [9.17, 15) is 4.79 Å². The minimum Gasteiger partial charge on any atom is -0.497 e. The Kier molecular flexibility index (Phi) is 5.72. The van der Waals surface area contributed by atoms with Crippen molar-refractivity contribution in [1.82, 2.24) is 0 Å². The number of rotatable bonds is 6. The van der Waals surface area contributed by atoms with Crippen molar-refractivity contribution in [3.63, 3.8) is 0 Å². The van der Waals surface area contributed by atoms with Gasteiger partial charge in [-0.15, -0.1) is 11.8 Å². The molecule has 5 heteroatoms. The molecule has 0 aliphatic carbocycles. The van der Waals surface area contributed by atoms with Gasteiger partial charge in [-0.25, -0.2) is 0 Å². The standard InChI is InChI=1S/C17H19NO3S/c1-12-6-4-5-7-16(12)22-11-17(19)18-14-10-13(20-2)8-9-15(14)21-3/h4-10H,11H2,1-3H3,(H,18,19). The van der Waals surface area contributed by atoms with E-state index in [1.165, 1.54) is 17.3 Å². The highest BCUT2D eigenvalue weighted by molar-refractivity contribution is 8.00. The summed E-state index contributed by atoms with van der Waals surface area (Å²) >= 11 is 1.51. The van der Waals surface area contributed by atoms with Gasteiger partial charge in [0, 0.05) is 11.0 Å². The zero-order valence-electron chi connectivity index (χ0n) is 12.9. The number of carbonyl (C=O) groups excluding carboxylic acids is 1. The van der Waals surface area contributed by atoms with Crippen molar-refractivity contribution in [3.8, 4) is 11.5 Å². The number of ether oxygens (including phenoxy) is 2. The highest BCUT2D eigenvalue weighted by atomic mass is 32.2. The van der Waals surface area contributed by atoms with Crippen LogP contribution in [0.3, 0.4) is 0 Å². The summed E-state index contributed by atoms with van der Waals surface area (Å²) in [7, 11) is 3.15. The van der Waals surface area contributed by atoms with Crippen molar-refractivity contribution >= 4 is 23.4 Å². The van der Waals surface area contributed by atoms with Gasteiger partial charge in [-0.3, -0.25) is 4.79 Å². The van der Waals surface area contributed by atoms with Crippen molar-refractivity contribution in [2.24, 2.45) is 0 Å². The molecule has 0 unspecified atom stereocenters. The fourth-order valence-corrected chi connectivity index (χ4v) is 2.79. The molecule has 2 aromatic carbocycles. The van der Waals surface area contributed by atoms with Crippen LogP contribution in [0.5, 0.6) is 11.5 Å². The van der Waals surface area contributed by atoms with Crippen molar-refractivity contribution < 1.29 is 14.3 Å². The van der Waals surface area contributed by atoms with Gasteiger partial charge in [0.15, 0.2) is 0 Å². The molecule has 1 amide bonds. The van der Waals surface area contributed by atoms with Crippen LogP contribution in [0, 0.1) is 6.92 Å². The maximum atomic E-state index is 12.1. The maximum Gasteiger partial charge on any atom is 0.234 e. The topological polar surface area (TPSA) is 47.6 Å². The Morgan fingerprint density at radius 3 is 2.59 bits per heavy atom. The van der Waals surface area contributed by atoms with E-state index in [2.05, 4.69) is 5.32 Å². The number of hydrogen-bond acceptors (Lipinski definition) is 4. The average molecular weight is 317 g/mol. The van der Waals surface area contributed by atoms with Gasteiger partial charge < -0.3 is 14.8 Å². The quantitative estimate of drug-likeness (QED) is 0.825. The third kappa shape index (κ3) is 4.18. The van der Waals surface area contributed by atoms with Crippen LogP contribution in [0.15, 0.2) is 47.4 Å². The Morgan fingerprint density at radius 1 is 1.14 bits per heavy atom. The Labute approximate surface area is 134 Å². The summed E-state index contributed by atoms with van der Waals surface area (Å²) in [5.74, 6) is 1.53. The Bertz CT molecular complexity index is 658. The van der Waals surface area contributed by atoms with Crippen molar-refractivity contribution in [2.75, 3.05) is 25.3 Å². The zero-order chi connectivity index (χ0) is 15.9. The summed E-state index contributed by atoms with van der Waals surface area (Å²) in [6, 6.07) is 13.3. The van der Waals surface area contributed by atoms with Gasteiger partial charge in [-0.05, 0) is 30.7 Å². The van der Waals surface area contributed by atoms with Crippen LogP contribution in [0.1, 0.15) is 5.56 Å². The second-order valence-corrected chi connectivity index (χ2v) is 5.69. The van der Waals surface area contributed by atoms with E-state index in [1.54, 1.807) is 32.4 Å². The molecular formula is C17H19NO3S. The predicted molar refractivity (Wildman–Crippen MR) is 90.1 cm³/mol. The molecule has 2 rings (SSSR count). The highest BCUT2D eigenvalue weighted by Crippen LogP contribution is 2.29. The monoisotopic (exact) mass is 317 g/mol. The lowest BCUT2D eigenvalue weighted by Gasteiger charge is -2.12.